The van der Waals surface area contributed by atoms with E-state index in [-0.39, 0.29) is 6.10 Å². The van der Waals surface area contributed by atoms with Crippen molar-refractivity contribution in [1.29, 1.82) is 0 Å². The number of hydrogen-bond acceptors (Lipinski definition) is 3. The molecule has 1 aliphatic carbocycles. The first-order valence-electron chi connectivity index (χ1n) is 8.69. The van der Waals surface area contributed by atoms with Crippen LogP contribution in [0.15, 0.2) is 55.1 Å². The van der Waals surface area contributed by atoms with Crippen molar-refractivity contribution in [3.63, 3.8) is 0 Å². The first-order valence-corrected chi connectivity index (χ1v) is 9.07. The maximum absolute atomic E-state index is 6.02. The van der Waals surface area contributed by atoms with Crippen molar-refractivity contribution in [2.45, 2.75) is 37.6 Å². The summed E-state index contributed by atoms with van der Waals surface area (Å²) in [5.74, 6) is -0.535. The molecule has 1 heterocycles. The zero-order chi connectivity index (χ0) is 17.3. The summed E-state index contributed by atoms with van der Waals surface area (Å²) in [6.07, 6.45) is 3.73. The fourth-order valence-corrected chi connectivity index (χ4v) is 3.67. The molecule has 0 radical (unpaired) electrons. The minimum Gasteiger partial charge on any atom is -0.344 e. The normalized spacial score (nSPS) is 22.2. The van der Waals surface area contributed by atoms with Crippen LogP contribution < -0.4 is 0 Å². The van der Waals surface area contributed by atoms with Gasteiger partial charge in [-0.3, -0.25) is 0 Å². The van der Waals surface area contributed by atoms with Crippen LogP contribution >= 0.6 is 11.6 Å². The maximum atomic E-state index is 6.02. The highest BCUT2D eigenvalue weighted by Gasteiger charge is 2.42. The predicted octanol–water partition coefficient (Wildman–Crippen LogP) is 5.64. The Morgan fingerprint density at radius 2 is 1.76 bits per heavy atom. The first-order chi connectivity index (χ1) is 12.2. The third-order valence-electron chi connectivity index (χ3n) is 5.00. The average molecular weight is 357 g/mol. The molecule has 130 valence electrons. The van der Waals surface area contributed by atoms with Gasteiger partial charge >= 0.3 is 0 Å². The zero-order valence-corrected chi connectivity index (χ0v) is 14.8. The average Bonchev–Trinajstić information content (AvgIpc) is 3.10. The van der Waals surface area contributed by atoms with Gasteiger partial charge < -0.3 is 4.74 Å². The topological polar surface area (TPSA) is 27.7 Å². The van der Waals surface area contributed by atoms with Crippen LogP contribution in [-0.2, 0) is 14.5 Å². The van der Waals surface area contributed by atoms with Crippen LogP contribution in [0.4, 0.5) is 0 Å². The van der Waals surface area contributed by atoms with Gasteiger partial charge in [0.2, 0.25) is 5.79 Å². The van der Waals surface area contributed by atoms with Crippen LogP contribution in [0, 0.1) is 0 Å². The molecule has 25 heavy (non-hydrogen) atoms. The SMILES string of the molecule is C=C(c1ccccc1-c1ccc(Cl)cc1)C1COC2(CCCC2)OO1. The van der Waals surface area contributed by atoms with E-state index in [1.807, 2.05) is 36.4 Å². The molecule has 4 rings (SSSR count). The van der Waals surface area contributed by atoms with E-state index < -0.39 is 5.79 Å². The van der Waals surface area contributed by atoms with E-state index in [1.165, 1.54) is 0 Å². The van der Waals surface area contributed by atoms with Crippen LogP contribution in [-0.4, -0.2) is 18.5 Å². The molecular formula is C21H21ClO3. The van der Waals surface area contributed by atoms with Crippen molar-refractivity contribution in [3.8, 4) is 11.1 Å². The second-order valence-electron chi connectivity index (χ2n) is 6.67. The third kappa shape index (κ3) is 3.38. The number of benzene rings is 2. The molecule has 1 aliphatic heterocycles. The monoisotopic (exact) mass is 356 g/mol. The highest BCUT2D eigenvalue weighted by Crippen LogP contribution is 2.40. The second kappa shape index (κ2) is 6.93. The molecule has 0 amide bonds. The lowest BCUT2D eigenvalue weighted by molar-refractivity contribution is -0.475. The van der Waals surface area contributed by atoms with E-state index >= 15 is 0 Å². The van der Waals surface area contributed by atoms with Gasteiger partial charge in [-0.1, -0.05) is 54.6 Å². The van der Waals surface area contributed by atoms with E-state index in [1.54, 1.807) is 0 Å². The molecule has 2 fully saturated rings. The summed E-state index contributed by atoms with van der Waals surface area (Å²) in [4.78, 5) is 11.3. The Hall–Kier alpha value is -1.65. The lowest BCUT2D eigenvalue weighted by Gasteiger charge is -2.36. The summed E-state index contributed by atoms with van der Waals surface area (Å²) < 4.78 is 6.02. The molecule has 1 unspecified atom stereocenters. The second-order valence-corrected chi connectivity index (χ2v) is 7.11. The molecule has 1 saturated heterocycles. The van der Waals surface area contributed by atoms with Gasteiger partial charge in [-0.2, -0.15) is 0 Å². The fourth-order valence-electron chi connectivity index (χ4n) is 3.54. The van der Waals surface area contributed by atoms with Crippen molar-refractivity contribution in [2.75, 3.05) is 6.61 Å². The smallest absolute Gasteiger partial charge is 0.201 e. The van der Waals surface area contributed by atoms with E-state index in [9.17, 15) is 0 Å². The van der Waals surface area contributed by atoms with Crippen LogP contribution in [0.5, 0.6) is 0 Å². The van der Waals surface area contributed by atoms with Crippen molar-refractivity contribution in [3.05, 3.63) is 65.7 Å². The largest absolute Gasteiger partial charge is 0.344 e. The standard InChI is InChI=1S/C21H21ClO3/c1-15(20-14-23-21(25-24-20)12-4-5-13-21)18-6-2-3-7-19(18)16-8-10-17(22)11-9-16/h2-3,6-11,20H,1,4-5,12-14H2. The highest BCUT2D eigenvalue weighted by molar-refractivity contribution is 6.30. The number of ether oxygens (including phenoxy) is 1. The summed E-state index contributed by atoms with van der Waals surface area (Å²) in [6.45, 7) is 4.72. The molecule has 0 N–H and O–H groups in total. The van der Waals surface area contributed by atoms with Crippen LogP contribution in [0.25, 0.3) is 16.7 Å². The molecule has 1 spiro atoms. The highest BCUT2D eigenvalue weighted by atomic mass is 35.5. The number of hydrogen-bond donors (Lipinski definition) is 0. The van der Waals surface area contributed by atoms with E-state index in [0.29, 0.717) is 6.61 Å². The van der Waals surface area contributed by atoms with Crippen molar-refractivity contribution in [1.82, 2.24) is 0 Å². The van der Waals surface area contributed by atoms with E-state index in [4.69, 9.17) is 26.1 Å². The van der Waals surface area contributed by atoms with Gasteiger partial charge in [0, 0.05) is 17.9 Å². The Morgan fingerprint density at radius 3 is 2.44 bits per heavy atom. The number of halogens is 1. The summed E-state index contributed by atoms with van der Waals surface area (Å²) in [6, 6.07) is 16.0. The van der Waals surface area contributed by atoms with Crippen molar-refractivity contribution < 1.29 is 14.5 Å². The van der Waals surface area contributed by atoms with E-state index in [2.05, 4.69) is 18.7 Å². The molecule has 2 aromatic carbocycles. The molecule has 4 heteroatoms. The number of rotatable bonds is 3. The van der Waals surface area contributed by atoms with Gasteiger partial charge in [0.05, 0.1) is 6.61 Å². The van der Waals surface area contributed by atoms with Crippen molar-refractivity contribution in [2.24, 2.45) is 0 Å². The Kier molecular flexibility index (Phi) is 4.65. The molecule has 0 aromatic heterocycles. The van der Waals surface area contributed by atoms with Crippen LogP contribution in [0.1, 0.15) is 31.2 Å². The van der Waals surface area contributed by atoms with Crippen molar-refractivity contribution >= 4 is 17.2 Å². The minimum atomic E-state index is -0.535. The summed E-state index contributed by atoms with van der Waals surface area (Å²) in [7, 11) is 0. The van der Waals surface area contributed by atoms with Gasteiger partial charge in [-0.15, -0.1) is 0 Å². The lowest BCUT2D eigenvalue weighted by Crippen LogP contribution is -2.43. The Balaban J connectivity index is 1.56. The van der Waals surface area contributed by atoms with Gasteiger partial charge in [-0.25, -0.2) is 9.78 Å². The molecule has 2 aliphatic rings. The molecule has 3 nitrogen and oxygen atoms in total. The third-order valence-corrected chi connectivity index (χ3v) is 5.25. The molecule has 1 atom stereocenters. The Bertz CT molecular complexity index is 753. The summed E-state index contributed by atoms with van der Waals surface area (Å²) in [5.41, 5.74) is 4.07. The summed E-state index contributed by atoms with van der Waals surface area (Å²) in [5, 5.41) is 0.722. The Labute approximate surface area is 153 Å². The minimum absolute atomic E-state index is 0.306. The van der Waals surface area contributed by atoms with E-state index in [0.717, 1.165) is 53.0 Å². The lowest BCUT2D eigenvalue weighted by atomic mass is 9.93. The predicted molar refractivity (Wildman–Crippen MR) is 99.0 cm³/mol. The first kappa shape index (κ1) is 16.8. The summed E-state index contributed by atoms with van der Waals surface area (Å²) >= 11 is 6.01. The van der Waals surface area contributed by atoms with Gasteiger partial charge in [0.1, 0.15) is 6.10 Å². The molecular weight excluding hydrogens is 336 g/mol. The maximum Gasteiger partial charge on any atom is 0.201 e. The molecule has 2 aromatic rings. The van der Waals surface area contributed by atoms with Crippen LogP contribution in [0.2, 0.25) is 5.02 Å². The van der Waals surface area contributed by atoms with Crippen LogP contribution in [0.3, 0.4) is 0 Å². The fraction of sp³-hybridized carbons (Fsp3) is 0.333. The molecule has 0 bridgehead atoms. The van der Waals surface area contributed by atoms with Gasteiger partial charge in [0.15, 0.2) is 0 Å². The van der Waals surface area contributed by atoms with Gasteiger partial charge in [0.25, 0.3) is 0 Å². The zero-order valence-electron chi connectivity index (χ0n) is 14.0. The molecule has 1 saturated carbocycles. The van der Waals surface area contributed by atoms with Gasteiger partial charge in [-0.05, 0) is 47.2 Å². The Morgan fingerprint density at radius 1 is 1.04 bits per heavy atom. The quantitative estimate of drug-likeness (QED) is 0.666.